The molecule has 1 aliphatic carbocycles. The summed E-state index contributed by atoms with van der Waals surface area (Å²) in [6, 6.07) is 4.29. The van der Waals surface area contributed by atoms with E-state index in [-0.39, 0.29) is 5.41 Å². The molecule has 1 aliphatic rings. The first-order valence-electron chi connectivity index (χ1n) is 6.80. The molecule has 0 bridgehead atoms. The van der Waals surface area contributed by atoms with Crippen molar-refractivity contribution in [2.45, 2.75) is 44.9 Å². The molecule has 0 radical (unpaired) electrons. The van der Waals surface area contributed by atoms with Gasteiger partial charge in [0.25, 0.3) is 0 Å². The molecule has 3 rings (SSSR count). The maximum Gasteiger partial charge on any atom is 0.171 e. The van der Waals surface area contributed by atoms with Crippen LogP contribution >= 0.6 is 33.9 Å². The highest BCUT2D eigenvalue weighted by molar-refractivity contribution is 14.1. The Bertz CT molecular complexity index is 654. The van der Waals surface area contributed by atoms with Gasteiger partial charge in [-0.3, -0.25) is 0 Å². The van der Waals surface area contributed by atoms with Crippen molar-refractivity contribution in [1.29, 1.82) is 0 Å². The molecule has 2 aromatic rings. The minimum absolute atomic E-state index is 0.164. The van der Waals surface area contributed by atoms with E-state index in [0.29, 0.717) is 11.7 Å². The number of hydrogen-bond donors (Lipinski definition) is 1. The number of aromatic nitrogens is 2. The maximum absolute atomic E-state index is 6.06. The number of halogens is 1. The van der Waals surface area contributed by atoms with Gasteiger partial charge < -0.3 is 5.73 Å². The highest BCUT2D eigenvalue weighted by Crippen LogP contribution is 2.43. The molecule has 5 heteroatoms. The summed E-state index contributed by atoms with van der Waals surface area (Å²) in [6.07, 6.45) is 2.45. The minimum atomic E-state index is 0.164. The summed E-state index contributed by atoms with van der Waals surface area (Å²) < 4.78 is 1.03. The van der Waals surface area contributed by atoms with E-state index in [1.165, 1.54) is 17.7 Å². The van der Waals surface area contributed by atoms with Gasteiger partial charge >= 0.3 is 0 Å². The van der Waals surface area contributed by atoms with Gasteiger partial charge in [0.15, 0.2) is 5.82 Å². The first kappa shape index (κ1) is 14.3. The van der Waals surface area contributed by atoms with Crippen molar-refractivity contribution >= 4 is 39.7 Å². The molecule has 1 fully saturated rings. The second-order valence-electron chi connectivity index (χ2n) is 6.32. The quantitative estimate of drug-likeness (QED) is 0.753. The van der Waals surface area contributed by atoms with E-state index in [2.05, 4.69) is 60.5 Å². The standard InChI is InChI=1S/C15H18IN3S/c1-15(2,3)10-7-6-9(20-10)14-18-12(8-4-5-8)11(16)13(17)19-14/h6-8H,4-5H2,1-3H3,(H2,17,18,19). The fraction of sp³-hybridized carbons (Fsp3) is 0.467. The number of nitrogens with two attached hydrogens (primary N) is 1. The van der Waals surface area contributed by atoms with E-state index in [4.69, 9.17) is 10.7 Å². The van der Waals surface area contributed by atoms with Crippen LogP contribution in [0.25, 0.3) is 10.7 Å². The van der Waals surface area contributed by atoms with E-state index < -0.39 is 0 Å². The average Bonchev–Trinajstić information content (AvgIpc) is 3.06. The Kier molecular flexibility index (Phi) is 3.52. The lowest BCUT2D eigenvalue weighted by Crippen LogP contribution is -2.07. The van der Waals surface area contributed by atoms with Crippen LogP contribution in [-0.2, 0) is 5.41 Å². The Labute approximate surface area is 137 Å². The van der Waals surface area contributed by atoms with Crippen molar-refractivity contribution in [3.63, 3.8) is 0 Å². The van der Waals surface area contributed by atoms with Crippen molar-refractivity contribution in [3.8, 4) is 10.7 Å². The Hall–Kier alpha value is -0.690. The molecule has 0 amide bonds. The van der Waals surface area contributed by atoms with Gasteiger partial charge in [-0.1, -0.05) is 20.8 Å². The van der Waals surface area contributed by atoms with Gasteiger partial charge in [-0.2, -0.15) is 0 Å². The third-order valence-electron chi connectivity index (χ3n) is 3.43. The van der Waals surface area contributed by atoms with Crippen LogP contribution in [0.5, 0.6) is 0 Å². The topological polar surface area (TPSA) is 51.8 Å². The first-order valence-corrected chi connectivity index (χ1v) is 8.69. The third-order valence-corrected chi connectivity index (χ3v) is 6.04. The van der Waals surface area contributed by atoms with Crippen LogP contribution in [0.4, 0.5) is 5.82 Å². The molecule has 2 heterocycles. The summed E-state index contributed by atoms with van der Waals surface area (Å²) in [5.41, 5.74) is 7.36. The van der Waals surface area contributed by atoms with Crippen LogP contribution in [0.15, 0.2) is 12.1 Å². The number of nitrogen functional groups attached to an aromatic ring is 1. The molecule has 0 atom stereocenters. The van der Waals surface area contributed by atoms with E-state index in [1.54, 1.807) is 11.3 Å². The zero-order valence-corrected chi connectivity index (χ0v) is 14.9. The molecule has 1 saturated carbocycles. The number of thiophene rings is 1. The van der Waals surface area contributed by atoms with Crippen LogP contribution < -0.4 is 5.73 Å². The van der Waals surface area contributed by atoms with Crippen molar-refractivity contribution in [2.75, 3.05) is 5.73 Å². The largest absolute Gasteiger partial charge is 0.383 e. The highest BCUT2D eigenvalue weighted by Gasteiger charge is 2.29. The first-order chi connectivity index (χ1) is 9.36. The number of hydrogen-bond acceptors (Lipinski definition) is 4. The lowest BCUT2D eigenvalue weighted by Gasteiger charge is -2.15. The van der Waals surface area contributed by atoms with Gasteiger partial charge in [0.05, 0.1) is 14.1 Å². The summed E-state index contributed by atoms with van der Waals surface area (Å²) in [5, 5.41) is 0. The Morgan fingerprint density at radius 3 is 2.50 bits per heavy atom. The van der Waals surface area contributed by atoms with Gasteiger partial charge in [0.1, 0.15) is 5.82 Å². The molecule has 0 spiro atoms. The third kappa shape index (κ3) is 2.70. The Balaban J connectivity index is 2.04. The zero-order chi connectivity index (χ0) is 14.5. The lowest BCUT2D eigenvalue weighted by atomic mass is 9.95. The molecule has 0 aliphatic heterocycles. The summed E-state index contributed by atoms with van der Waals surface area (Å²) in [6.45, 7) is 6.67. The predicted octanol–water partition coefficient (Wildman–Crippen LogP) is 4.57. The maximum atomic E-state index is 6.06. The van der Waals surface area contributed by atoms with Crippen molar-refractivity contribution < 1.29 is 0 Å². The summed E-state index contributed by atoms with van der Waals surface area (Å²) in [7, 11) is 0. The molecule has 0 saturated heterocycles. The molecular weight excluding hydrogens is 381 g/mol. The van der Waals surface area contributed by atoms with Crippen LogP contribution in [0.1, 0.15) is 50.1 Å². The van der Waals surface area contributed by atoms with Crippen molar-refractivity contribution in [1.82, 2.24) is 9.97 Å². The summed E-state index contributed by atoms with van der Waals surface area (Å²) in [5.74, 6) is 1.99. The Morgan fingerprint density at radius 1 is 1.25 bits per heavy atom. The highest BCUT2D eigenvalue weighted by atomic mass is 127. The molecule has 106 valence electrons. The van der Waals surface area contributed by atoms with Crippen LogP contribution in [0.3, 0.4) is 0 Å². The van der Waals surface area contributed by atoms with Gasteiger partial charge in [-0.15, -0.1) is 11.3 Å². The number of anilines is 1. The molecule has 3 nitrogen and oxygen atoms in total. The van der Waals surface area contributed by atoms with E-state index in [0.717, 1.165) is 20.0 Å². The SMILES string of the molecule is CC(C)(C)c1ccc(-c2nc(N)c(I)c(C3CC3)n2)s1. The minimum Gasteiger partial charge on any atom is -0.383 e. The van der Waals surface area contributed by atoms with Crippen LogP contribution in [-0.4, -0.2) is 9.97 Å². The van der Waals surface area contributed by atoms with Gasteiger partial charge in [-0.25, -0.2) is 9.97 Å². The Morgan fingerprint density at radius 2 is 1.95 bits per heavy atom. The second kappa shape index (κ2) is 4.94. The van der Waals surface area contributed by atoms with E-state index in [1.807, 2.05) is 0 Å². The van der Waals surface area contributed by atoms with Gasteiger partial charge in [0, 0.05) is 10.8 Å². The molecule has 0 unspecified atom stereocenters. The van der Waals surface area contributed by atoms with Crippen LogP contribution in [0.2, 0.25) is 0 Å². The monoisotopic (exact) mass is 399 g/mol. The fourth-order valence-corrected chi connectivity index (χ4v) is 3.76. The summed E-state index contributed by atoms with van der Waals surface area (Å²) in [4.78, 5) is 11.7. The molecule has 2 aromatic heterocycles. The van der Waals surface area contributed by atoms with E-state index in [9.17, 15) is 0 Å². The van der Waals surface area contributed by atoms with Crippen molar-refractivity contribution in [2.24, 2.45) is 0 Å². The van der Waals surface area contributed by atoms with Gasteiger partial charge in [0.2, 0.25) is 0 Å². The normalized spacial score (nSPS) is 15.6. The average molecular weight is 399 g/mol. The zero-order valence-electron chi connectivity index (χ0n) is 11.9. The van der Waals surface area contributed by atoms with Crippen molar-refractivity contribution in [3.05, 3.63) is 26.3 Å². The second-order valence-corrected chi connectivity index (χ2v) is 8.48. The van der Waals surface area contributed by atoms with Gasteiger partial charge in [-0.05, 0) is 53.0 Å². The lowest BCUT2D eigenvalue weighted by molar-refractivity contribution is 0.604. The number of nitrogens with zero attached hydrogens (tertiary/aromatic N) is 2. The van der Waals surface area contributed by atoms with Crippen LogP contribution in [0, 0.1) is 3.57 Å². The fourth-order valence-electron chi connectivity index (χ4n) is 2.08. The smallest absolute Gasteiger partial charge is 0.171 e. The molecule has 0 aromatic carbocycles. The summed E-state index contributed by atoms with van der Waals surface area (Å²) >= 11 is 4.03. The van der Waals surface area contributed by atoms with E-state index >= 15 is 0 Å². The predicted molar refractivity (Wildman–Crippen MR) is 93.1 cm³/mol. The number of rotatable bonds is 2. The molecule has 2 N–H and O–H groups in total. The molecule has 20 heavy (non-hydrogen) atoms. The molecular formula is C15H18IN3S.